The second kappa shape index (κ2) is 5.23. The Morgan fingerprint density at radius 3 is 2.94 bits per heavy atom. The lowest BCUT2D eigenvalue weighted by atomic mass is 10.0. The first-order valence-corrected chi connectivity index (χ1v) is 5.55. The van der Waals surface area contributed by atoms with Gasteiger partial charge in [0.2, 0.25) is 0 Å². The van der Waals surface area contributed by atoms with Gasteiger partial charge in [-0.05, 0) is 23.8 Å². The second-order valence-electron chi connectivity index (χ2n) is 3.85. The molecule has 0 saturated carbocycles. The third-order valence-corrected chi connectivity index (χ3v) is 2.62. The van der Waals surface area contributed by atoms with Gasteiger partial charge >= 0.3 is 0 Å². The fourth-order valence-electron chi connectivity index (χ4n) is 1.76. The van der Waals surface area contributed by atoms with Crippen molar-refractivity contribution in [3.05, 3.63) is 60.6 Å². The molecule has 1 aromatic carbocycles. The monoisotopic (exact) mass is 242 g/mol. The largest absolute Gasteiger partial charge is 0.508 e. The van der Waals surface area contributed by atoms with Gasteiger partial charge in [-0.3, -0.25) is 0 Å². The van der Waals surface area contributed by atoms with Crippen molar-refractivity contribution >= 4 is 11.9 Å². The zero-order valence-electron chi connectivity index (χ0n) is 9.76. The number of phenolic OH excluding ortho intramolecular Hbond substituents is 1. The van der Waals surface area contributed by atoms with E-state index in [1.807, 2.05) is 6.07 Å². The fraction of sp³-hybridized carbons (Fsp3) is 0.0714. The topological polar surface area (TPSA) is 61.4 Å². The molecule has 0 saturated heterocycles. The second-order valence-corrected chi connectivity index (χ2v) is 3.85. The summed E-state index contributed by atoms with van der Waals surface area (Å²) in [7, 11) is 0. The Labute approximate surface area is 105 Å². The van der Waals surface area contributed by atoms with Gasteiger partial charge in [-0.15, -0.1) is 0 Å². The molecule has 0 aromatic heterocycles. The van der Waals surface area contributed by atoms with Crippen LogP contribution >= 0.6 is 0 Å². The van der Waals surface area contributed by atoms with E-state index in [1.54, 1.807) is 36.6 Å². The average molecular weight is 242 g/mol. The van der Waals surface area contributed by atoms with E-state index in [9.17, 15) is 9.90 Å². The van der Waals surface area contributed by atoms with Crippen LogP contribution in [0.1, 0.15) is 5.56 Å². The molecule has 1 aromatic rings. The summed E-state index contributed by atoms with van der Waals surface area (Å²) in [6.45, 7) is 3.76. The fourth-order valence-corrected chi connectivity index (χ4v) is 1.76. The smallest absolute Gasteiger partial charge is 0.146 e. The summed E-state index contributed by atoms with van der Waals surface area (Å²) in [5, 5.41) is 15.5. The van der Waals surface area contributed by atoms with Gasteiger partial charge in [0.1, 0.15) is 23.9 Å². The lowest BCUT2D eigenvalue weighted by Gasteiger charge is -2.21. The minimum absolute atomic E-state index is 0.186. The molecule has 4 heteroatoms. The van der Waals surface area contributed by atoms with Crippen LogP contribution in [0.15, 0.2) is 55.0 Å². The molecule has 0 fully saturated rings. The Bertz CT molecular complexity index is 532. The van der Waals surface area contributed by atoms with E-state index in [0.29, 0.717) is 5.82 Å². The highest BCUT2D eigenvalue weighted by Crippen LogP contribution is 2.22. The van der Waals surface area contributed by atoms with Crippen molar-refractivity contribution < 1.29 is 9.90 Å². The molecule has 1 heterocycles. The summed E-state index contributed by atoms with van der Waals surface area (Å²) in [6.07, 6.45) is 5.92. The number of nitrogens with one attached hydrogen (secondary N) is 2. The SMILES string of the molecule is C=C/C(=C1\NC=CC(C=O)N1)c1cccc(O)c1. The molecular formula is C14H14N2O2. The van der Waals surface area contributed by atoms with Crippen molar-refractivity contribution in [3.8, 4) is 5.75 Å². The Balaban J connectivity index is 2.41. The van der Waals surface area contributed by atoms with Crippen LogP contribution in [0, 0.1) is 0 Å². The van der Waals surface area contributed by atoms with E-state index in [2.05, 4.69) is 17.2 Å². The number of rotatable bonds is 3. The van der Waals surface area contributed by atoms with Crippen molar-refractivity contribution in [1.29, 1.82) is 0 Å². The highest BCUT2D eigenvalue weighted by Gasteiger charge is 2.13. The molecule has 4 nitrogen and oxygen atoms in total. The molecule has 3 N–H and O–H groups in total. The molecule has 1 unspecified atom stereocenters. The molecule has 0 spiro atoms. The van der Waals surface area contributed by atoms with Gasteiger partial charge in [0.05, 0.1) is 0 Å². The third kappa shape index (κ3) is 2.43. The lowest BCUT2D eigenvalue weighted by Crippen LogP contribution is -2.37. The van der Waals surface area contributed by atoms with Crippen LogP contribution in [0.2, 0.25) is 0 Å². The maximum absolute atomic E-state index is 10.8. The number of allylic oxidation sites excluding steroid dienone is 2. The molecule has 18 heavy (non-hydrogen) atoms. The molecule has 2 rings (SSSR count). The van der Waals surface area contributed by atoms with Crippen LogP contribution in [0.5, 0.6) is 5.75 Å². The molecule has 0 bridgehead atoms. The number of hydrogen-bond donors (Lipinski definition) is 3. The summed E-state index contributed by atoms with van der Waals surface area (Å²) in [4.78, 5) is 10.8. The van der Waals surface area contributed by atoms with E-state index < -0.39 is 0 Å². The summed E-state index contributed by atoms with van der Waals surface area (Å²) in [5.41, 5.74) is 1.61. The third-order valence-electron chi connectivity index (χ3n) is 2.62. The number of benzene rings is 1. The van der Waals surface area contributed by atoms with Crippen LogP contribution in [0.25, 0.3) is 5.57 Å². The zero-order valence-corrected chi connectivity index (χ0v) is 9.76. The summed E-state index contributed by atoms with van der Waals surface area (Å²) >= 11 is 0. The van der Waals surface area contributed by atoms with Gasteiger partial charge in [-0.1, -0.05) is 24.8 Å². The Hall–Kier alpha value is -2.49. The average Bonchev–Trinajstić information content (AvgIpc) is 2.40. The normalized spacial score (nSPS) is 20.6. The molecule has 1 aliphatic heterocycles. The number of aromatic hydroxyl groups is 1. The molecule has 1 atom stereocenters. The summed E-state index contributed by atoms with van der Waals surface area (Å²) in [5.74, 6) is 0.876. The first-order chi connectivity index (χ1) is 8.74. The molecule has 0 radical (unpaired) electrons. The summed E-state index contributed by atoms with van der Waals surface area (Å²) < 4.78 is 0. The van der Waals surface area contributed by atoms with Gasteiger partial charge < -0.3 is 20.5 Å². The Kier molecular flexibility index (Phi) is 3.48. The minimum atomic E-state index is -0.353. The molecule has 0 aliphatic carbocycles. The number of aldehydes is 1. The Morgan fingerprint density at radius 1 is 1.44 bits per heavy atom. The van der Waals surface area contributed by atoms with Crippen molar-refractivity contribution in [2.24, 2.45) is 0 Å². The standard InChI is InChI=1S/C14H14N2O2/c1-2-13(10-4-3-5-12(18)8-10)14-15-7-6-11(9-17)16-14/h2-9,11,15-16,18H,1H2/b14-13-. The van der Waals surface area contributed by atoms with Gasteiger partial charge in [0.25, 0.3) is 0 Å². The van der Waals surface area contributed by atoms with E-state index in [0.717, 1.165) is 17.4 Å². The number of phenols is 1. The molecular weight excluding hydrogens is 228 g/mol. The van der Waals surface area contributed by atoms with E-state index in [1.165, 1.54) is 0 Å². The van der Waals surface area contributed by atoms with Gasteiger partial charge in [-0.25, -0.2) is 0 Å². The van der Waals surface area contributed by atoms with Crippen molar-refractivity contribution in [2.75, 3.05) is 0 Å². The van der Waals surface area contributed by atoms with Gasteiger partial charge in [0, 0.05) is 11.8 Å². The number of hydrogen-bond acceptors (Lipinski definition) is 4. The number of carbonyl (C=O) groups is 1. The van der Waals surface area contributed by atoms with E-state index in [4.69, 9.17) is 0 Å². The Morgan fingerprint density at radius 2 is 2.28 bits per heavy atom. The van der Waals surface area contributed by atoms with Crippen LogP contribution in [-0.2, 0) is 4.79 Å². The highest BCUT2D eigenvalue weighted by molar-refractivity contribution is 5.77. The van der Waals surface area contributed by atoms with E-state index >= 15 is 0 Å². The van der Waals surface area contributed by atoms with Crippen molar-refractivity contribution in [1.82, 2.24) is 10.6 Å². The van der Waals surface area contributed by atoms with Gasteiger partial charge in [-0.2, -0.15) is 0 Å². The quantitative estimate of drug-likeness (QED) is 0.703. The van der Waals surface area contributed by atoms with Crippen LogP contribution in [-0.4, -0.2) is 17.4 Å². The molecule has 0 amide bonds. The van der Waals surface area contributed by atoms with Crippen LogP contribution in [0.4, 0.5) is 0 Å². The minimum Gasteiger partial charge on any atom is -0.508 e. The lowest BCUT2D eigenvalue weighted by molar-refractivity contribution is -0.108. The summed E-state index contributed by atoms with van der Waals surface area (Å²) in [6, 6.07) is 6.51. The van der Waals surface area contributed by atoms with E-state index in [-0.39, 0.29) is 11.8 Å². The first kappa shape index (κ1) is 12.0. The maximum Gasteiger partial charge on any atom is 0.146 e. The van der Waals surface area contributed by atoms with Crippen LogP contribution < -0.4 is 10.6 Å². The van der Waals surface area contributed by atoms with Crippen molar-refractivity contribution in [3.63, 3.8) is 0 Å². The highest BCUT2D eigenvalue weighted by atomic mass is 16.3. The van der Waals surface area contributed by atoms with Gasteiger partial charge in [0.15, 0.2) is 0 Å². The maximum atomic E-state index is 10.8. The predicted octanol–water partition coefficient (Wildman–Crippen LogP) is 1.52. The van der Waals surface area contributed by atoms with Crippen LogP contribution in [0.3, 0.4) is 0 Å². The predicted molar refractivity (Wildman–Crippen MR) is 70.5 cm³/mol. The van der Waals surface area contributed by atoms with Crippen molar-refractivity contribution in [2.45, 2.75) is 6.04 Å². The zero-order chi connectivity index (χ0) is 13.0. The molecule has 92 valence electrons. The first-order valence-electron chi connectivity index (χ1n) is 5.55. The molecule has 1 aliphatic rings. The number of carbonyl (C=O) groups excluding carboxylic acids is 1.